The SMILES string of the molecule is CCOc1ccc(N2CCN(C(=O)COc3ccc(C)cc3)CC2)nn1. The van der Waals surface area contributed by atoms with Crippen LogP contribution in [0.5, 0.6) is 11.6 Å². The van der Waals surface area contributed by atoms with Crippen LogP contribution in [0, 0.1) is 6.92 Å². The monoisotopic (exact) mass is 356 g/mol. The van der Waals surface area contributed by atoms with Gasteiger partial charge in [0.1, 0.15) is 5.75 Å². The predicted molar refractivity (Wildman–Crippen MR) is 98.7 cm³/mol. The molecule has 7 heteroatoms. The summed E-state index contributed by atoms with van der Waals surface area (Å²) in [5.41, 5.74) is 1.16. The van der Waals surface area contributed by atoms with Gasteiger partial charge in [-0.05, 0) is 32.0 Å². The van der Waals surface area contributed by atoms with Crippen molar-refractivity contribution in [3.05, 3.63) is 42.0 Å². The van der Waals surface area contributed by atoms with E-state index in [1.807, 2.05) is 55.1 Å². The molecule has 3 rings (SSSR count). The van der Waals surface area contributed by atoms with Gasteiger partial charge in [0.15, 0.2) is 12.4 Å². The van der Waals surface area contributed by atoms with Gasteiger partial charge in [-0.3, -0.25) is 4.79 Å². The van der Waals surface area contributed by atoms with Crippen LogP contribution >= 0.6 is 0 Å². The molecule has 0 radical (unpaired) electrons. The fraction of sp³-hybridized carbons (Fsp3) is 0.421. The molecule has 26 heavy (non-hydrogen) atoms. The Balaban J connectivity index is 1.46. The van der Waals surface area contributed by atoms with Crippen molar-refractivity contribution in [3.8, 4) is 11.6 Å². The lowest BCUT2D eigenvalue weighted by atomic mass is 10.2. The summed E-state index contributed by atoms with van der Waals surface area (Å²) in [6.45, 7) is 7.29. The van der Waals surface area contributed by atoms with Crippen LogP contribution in [0.1, 0.15) is 12.5 Å². The quantitative estimate of drug-likeness (QED) is 0.788. The molecule has 0 unspecified atom stereocenters. The van der Waals surface area contributed by atoms with Gasteiger partial charge in [0.25, 0.3) is 5.91 Å². The van der Waals surface area contributed by atoms with Crippen molar-refractivity contribution in [2.24, 2.45) is 0 Å². The normalized spacial score (nSPS) is 14.2. The third kappa shape index (κ3) is 4.62. The van der Waals surface area contributed by atoms with Crippen LogP contribution in [0.15, 0.2) is 36.4 Å². The number of carbonyl (C=O) groups excluding carboxylic acids is 1. The van der Waals surface area contributed by atoms with E-state index in [1.54, 1.807) is 0 Å². The third-order valence-corrected chi connectivity index (χ3v) is 4.26. The highest BCUT2D eigenvalue weighted by molar-refractivity contribution is 5.78. The van der Waals surface area contributed by atoms with Gasteiger partial charge in [-0.15, -0.1) is 10.2 Å². The van der Waals surface area contributed by atoms with Gasteiger partial charge >= 0.3 is 0 Å². The van der Waals surface area contributed by atoms with E-state index in [0.29, 0.717) is 31.3 Å². The molecule has 7 nitrogen and oxygen atoms in total. The minimum atomic E-state index is 0.00278. The highest BCUT2D eigenvalue weighted by atomic mass is 16.5. The van der Waals surface area contributed by atoms with Crippen molar-refractivity contribution in [2.45, 2.75) is 13.8 Å². The maximum Gasteiger partial charge on any atom is 0.260 e. The molecule has 138 valence electrons. The first kappa shape index (κ1) is 18.0. The van der Waals surface area contributed by atoms with Gasteiger partial charge in [0.2, 0.25) is 5.88 Å². The number of anilines is 1. The smallest absolute Gasteiger partial charge is 0.260 e. The Morgan fingerprint density at radius 3 is 2.35 bits per heavy atom. The highest BCUT2D eigenvalue weighted by Gasteiger charge is 2.22. The van der Waals surface area contributed by atoms with E-state index in [-0.39, 0.29) is 12.5 Å². The Morgan fingerprint density at radius 2 is 1.73 bits per heavy atom. The number of carbonyl (C=O) groups is 1. The molecule has 1 fully saturated rings. The third-order valence-electron chi connectivity index (χ3n) is 4.26. The molecule has 1 aliphatic rings. The van der Waals surface area contributed by atoms with Gasteiger partial charge in [0, 0.05) is 32.2 Å². The van der Waals surface area contributed by atoms with Crippen LogP contribution in [0.2, 0.25) is 0 Å². The van der Waals surface area contributed by atoms with Crippen LogP contribution in [-0.2, 0) is 4.79 Å². The summed E-state index contributed by atoms with van der Waals surface area (Å²) in [5.74, 6) is 2.05. The number of amides is 1. The Kier molecular flexibility index (Phi) is 5.88. The summed E-state index contributed by atoms with van der Waals surface area (Å²) < 4.78 is 10.9. The number of rotatable bonds is 6. The lowest BCUT2D eigenvalue weighted by Crippen LogP contribution is -2.50. The first-order valence-corrected chi connectivity index (χ1v) is 8.84. The number of ether oxygens (including phenoxy) is 2. The highest BCUT2D eigenvalue weighted by Crippen LogP contribution is 2.16. The van der Waals surface area contributed by atoms with Crippen molar-refractivity contribution in [1.29, 1.82) is 0 Å². The molecule has 0 saturated carbocycles. The summed E-state index contributed by atoms with van der Waals surface area (Å²) in [6.07, 6.45) is 0. The molecule has 1 aromatic heterocycles. The van der Waals surface area contributed by atoms with E-state index in [1.165, 1.54) is 0 Å². The molecule has 0 atom stereocenters. The number of piperazine rings is 1. The van der Waals surface area contributed by atoms with E-state index in [2.05, 4.69) is 15.1 Å². The number of aromatic nitrogens is 2. The number of hydrogen-bond acceptors (Lipinski definition) is 6. The van der Waals surface area contributed by atoms with Crippen LogP contribution in [0.4, 0.5) is 5.82 Å². The molecule has 1 saturated heterocycles. The molecule has 1 aliphatic heterocycles. The number of aryl methyl sites for hydroxylation is 1. The molecule has 2 aromatic rings. The van der Waals surface area contributed by atoms with Gasteiger partial charge in [0.05, 0.1) is 6.61 Å². The van der Waals surface area contributed by atoms with Crippen molar-refractivity contribution in [1.82, 2.24) is 15.1 Å². The zero-order valence-corrected chi connectivity index (χ0v) is 15.2. The second kappa shape index (κ2) is 8.51. The predicted octanol–water partition coefficient (Wildman–Crippen LogP) is 1.91. The number of nitrogens with zero attached hydrogens (tertiary/aromatic N) is 4. The van der Waals surface area contributed by atoms with E-state index in [0.717, 1.165) is 24.5 Å². The van der Waals surface area contributed by atoms with Crippen LogP contribution in [0.3, 0.4) is 0 Å². The Labute approximate surface area is 153 Å². The fourth-order valence-electron chi connectivity index (χ4n) is 2.76. The average molecular weight is 356 g/mol. The van der Waals surface area contributed by atoms with E-state index < -0.39 is 0 Å². The summed E-state index contributed by atoms with van der Waals surface area (Å²) in [4.78, 5) is 16.3. The minimum absolute atomic E-state index is 0.00278. The van der Waals surface area contributed by atoms with Crippen molar-refractivity contribution < 1.29 is 14.3 Å². The maximum absolute atomic E-state index is 12.3. The Bertz CT molecular complexity index is 711. The zero-order valence-electron chi connectivity index (χ0n) is 15.2. The van der Waals surface area contributed by atoms with E-state index in [9.17, 15) is 4.79 Å². The maximum atomic E-state index is 12.3. The first-order valence-electron chi connectivity index (χ1n) is 8.84. The molecule has 1 amide bonds. The molecule has 0 bridgehead atoms. The van der Waals surface area contributed by atoms with Gasteiger partial charge in [-0.1, -0.05) is 17.7 Å². The lowest BCUT2D eigenvalue weighted by molar-refractivity contribution is -0.133. The van der Waals surface area contributed by atoms with Crippen molar-refractivity contribution in [2.75, 3.05) is 44.3 Å². The second-order valence-electron chi connectivity index (χ2n) is 6.13. The molecule has 0 aliphatic carbocycles. The minimum Gasteiger partial charge on any atom is -0.484 e. The summed E-state index contributed by atoms with van der Waals surface area (Å²) >= 11 is 0. The molecule has 0 spiro atoms. The Hall–Kier alpha value is -2.83. The average Bonchev–Trinajstić information content (AvgIpc) is 2.68. The zero-order chi connectivity index (χ0) is 18.4. The molecular formula is C19H24N4O3. The van der Waals surface area contributed by atoms with Crippen LogP contribution < -0.4 is 14.4 Å². The summed E-state index contributed by atoms with van der Waals surface area (Å²) in [5, 5.41) is 8.25. The second-order valence-corrected chi connectivity index (χ2v) is 6.13. The summed E-state index contributed by atoms with van der Waals surface area (Å²) in [7, 11) is 0. The first-order chi connectivity index (χ1) is 12.7. The topological polar surface area (TPSA) is 67.8 Å². The number of benzene rings is 1. The van der Waals surface area contributed by atoms with Crippen LogP contribution in [0.25, 0.3) is 0 Å². The molecular weight excluding hydrogens is 332 g/mol. The van der Waals surface area contributed by atoms with Gasteiger partial charge < -0.3 is 19.3 Å². The summed E-state index contributed by atoms with van der Waals surface area (Å²) in [6, 6.07) is 11.4. The van der Waals surface area contributed by atoms with Gasteiger partial charge in [-0.2, -0.15) is 0 Å². The van der Waals surface area contributed by atoms with E-state index >= 15 is 0 Å². The van der Waals surface area contributed by atoms with Crippen molar-refractivity contribution >= 4 is 11.7 Å². The molecule has 1 aromatic carbocycles. The lowest BCUT2D eigenvalue weighted by Gasteiger charge is -2.35. The largest absolute Gasteiger partial charge is 0.484 e. The fourth-order valence-corrected chi connectivity index (χ4v) is 2.76. The van der Waals surface area contributed by atoms with Gasteiger partial charge in [-0.25, -0.2) is 0 Å². The molecule has 2 heterocycles. The standard InChI is InChI=1S/C19H24N4O3/c1-3-25-18-9-8-17(20-21-18)22-10-12-23(13-11-22)19(24)14-26-16-6-4-15(2)5-7-16/h4-9H,3,10-14H2,1-2H3. The van der Waals surface area contributed by atoms with Crippen LogP contribution in [-0.4, -0.2) is 60.4 Å². The molecule has 0 N–H and O–H groups in total. The van der Waals surface area contributed by atoms with Crippen molar-refractivity contribution in [3.63, 3.8) is 0 Å². The number of hydrogen-bond donors (Lipinski definition) is 0. The Morgan fingerprint density at radius 1 is 1.00 bits per heavy atom. The van der Waals surface area contributed by atoms with E-state index in [4.69, 9.17) is 9.47 Å².